The number of fused-ring (bicyclic) bond motifs is 1. The monoisotopic (exact) mass is 381 g/mol. The lowest BCUT2D eigenvalue weighted by Crippen LogP contribution is -2.02. The Balaban J connectivity index is 1.49. The minimum atomic E-state index is -0.328. The SMILES string of the molecule is Nc1c(-c2nc(-c3ccc4c(c3)OCO4)cs2)nnn1-c1ccc(F)cc1. The van der Waals surface area contributed by atoms with E-state index in [-0.39, 0.29) is 12.6 Å². The van der Waals surface area contributed by atoms with Crippen molar-refractivity contribution in [3.8, 4) is 39.1 Å². The molecule has 9 heteroatoms. The number of hydrogen-bond donors (Lipinski definition) is 1. The fourth-order valence-electron chi connectivity index (χ4n) is 2.79. The van der Waals surface area contributed by atoms with E-state index in [1.54, 1.807) is 12.1 Å². The lowest BCUT2D eigenvalue weighted by atomic mass is 10.1. The van der Waals surface area contributed by atoms with E-state index in [0.29, 0.717) is 28.0 Å². The van der Waals surface area contributed by atoms with Gasteiger partial charge < -0.3 is 15.2 Å². The molecule has 2 N–H and O–H groups in total. The summed E-state index contributed by atoms with van der Waals surface area (Å²) in [4.78, 5) is 4.62. The molecule has 0 unspecified atom stereocenters. The molecule has 3 heterocycles. The summed E-state index contributed by atoms with van der Waals surface area (Å²) in [5.74, 6) is 1.43. The molecule has 0 fully saturated rings. The van der Waals surface area contributed by atoms with Gasteiger partial charge in [-0.05, 0) is 42.5 Å². The highest BCUT2D eigenvalue weighted by Crippen LogP contribution is 2.37. The van der Waals surface area contributed by atoms with Crippen LogP contribution in [0.15, 0.2) is 47.8 Å². The molecular weight excluding hydrogens is 369 g/mol. The van der Waals surface area contributed by atoms with Gasteiger partial charge in [0.2, 0.25) is 6.79 Å². The van der Waals surface area contributed by atoms with E-state index in [2.05, 4.69) is 15.3 Å². The molecule has 2 aromatic heterocycles. The number of thiazole rings is 1. The second-order valence-corrected chi connectivity index (χ2v) is 6.68. The van der Waals surface area contributed by atoms with E-state index in [0.717, 1.165) is 17.0 Å². The molecule has 1 aliphatic heterocycles. The minimum absolute atomic E-state index is 0.226. The second-order valence-electron chi connectivity index (χ2n) is 5.82. The zero-order valence-electron chi connectivity index (χ0n) is 13.8. The normalized spacial score (nSPS) is 12.5. The standard InChI is InChI=1S/C18H12FN5O2S/c19-11-2-4-12(5-3-11)24-17(20)16(22-23-24)18-21-13(8-27-18)10-1-6-14-15(7-10)26-9-25-14/h1-8H,9,20H2. The molecule has 4 aromatic rings. The number of nitrogens with two attached hydrogens (primary N) is 1. The third-order valence-corrected chi connectivity index (χ3v) is 5.00. The predicted octanol–water partition coefficient (Wildman–Crippen LogP) is 3.51. The summed E-state index contributed by atoms with van der Waals surface area (Å²) in [5, 5.41) is 10.8. The number of aromatic nitrogens is 4. The number of benzene rings is 2. The van der Waals surface area contributed by atoms with Gasteiger partial charge in [0.05, 0.1) is 11.4 Å². The van der Waals surface area contributed by atoms with Crippen LogP contribution in [0.25, 0.3) is 27.6 Å². The number of rotatable bonds is 3. The molecular formula is C18H12FN5O2S. The zero-order chi connectivity index (χ0) is 18.4. The first kappa shape index (κ1) is 15.8. The Kier molecular flexibility index (Phi) is 3.54. The van der Waals surface area contributed by atoms with Gasteiger partial charge in [-0.15, -0.1) is 16.4 Å². The van der Waals surface area contributed by atoms with E-state index >= 15 is 0 Å². The minimum Gasteiger partial charge on any atom is -0.454 e. The van der Waals surface area contributed by atoms with Gasteiger partial charge in [0.1, 0.15) is 10.8 Å². The maximum Gasteiger partial charge on any atom is 0.231 e. The van der Waals surface area contributed by atoms with Crippen molar-refractivity contribution in [2.45, 2.75) is 0 Å². The van der Waals surface area contributed by atoms with Crippen molar-refractivity contribution in [2.75, 3.05) is 12.5 Å². The van der Waals surface area contributed by atoms with Gasteiger partial charge in [0.25, 0.3) is 0 Å². The summed E-state index contributed by atoms with van der Waals surface area (Å²) in [5.41, 5.74) is 9.00. The van der Waals surface area contributed by atoms with E-state index in [4.69, 9.17) is 15.2 Å². The van der Waals surface area contributed by atoms with Gasteiger partial charge in [0.15, 0.2) is 23.0 Å². The van der Waals surface area contributed by atoms with Crippen molar-refractivity contribution in [3.05, 3.63) is 53.7 Å². The van der Waals surface area contributed by atoms with Gasteiger partial charge in [-0.2, -0.15) is 4.68 Å². The largest absolute Gasteiger partial charge is 0.454 e. The highest BCUT2D eigenvalue weighted by Gasteiger charge is 2.19. The first-order chi connectivity index (χ1) is 13.2. The van der Waals surface area contributed by atoms with Crippen molar-refractivity contribution in [2.24, 2.45) is 0 Å². The number of anilines is 1. The van der Waals surface area contributed by atoms with Crippen LogP contribution >= 0.6 is 11.3 Å². The zero-order valence-corrected chi connectivity index (χ0v) is 14.6. The molecule has 0 spiro atoms. The van der Waals surface area contributed by atoms with E-state index in [1.807, 2.05) is 23.6 Å². The van der Waals surface area contributed by atoms with Gasteiger partial charge >= 0.3 is 0 Å². The van der Waals surface area contributed by atoms with Crippen molar-refractivity contribution < 1.29 is 13.9 Å². The maximum atomic E-state index is 13.1. The topological polar surface area (TPSA) is 88.1 Å². The highest BCUT2D eigenvalue weighted by molar-refractivity contribution is 7.13. The number of ether oxygens (including phenoxy) is 2. The Morgan fingerprint density at radius 2 is 1.89 bits per heavy atom. The fraction of sp³-hybridized carbons (Fsp3) is 0.0556. The lowest BCUT2D eigenvalue weighted by molar-refractivity contribution is 0.174. The molecule has 0 amide bonds. The number of halogens is 1. The smallest absolute Gasteiger partial charge is 0.231 e. The molecule has 0 radical (unpaired) electrons. The first-order valence-corrected chi connectivity index (χ1v) is 8.90. The molecule has 0 atom stereocenters. The number of hydrogen-bond acceptors (Lipinski definition) is 7. The van der Waals surface area contributed by atoms with Gasteiger partial charge in [-0.3, -0.25) is 0 Å². The van der Waals surface area contributed by atoms with Crippen LogP contribution in [-0.4, -0.2) is 26.8 Å². The van der Waals surface area contributed by atoms with Crippen LogP contribution in [0.1, 0.15) is 0 Å². The third-order valence-electron chi connectivity index (χ3n) is 4.15. The molecule has 5 rings (SSSR count). The Labute approximate surface area is 156 Å². The van der Waals surface area contributed by atoms with Crippen LogP contribution in [0.4, 0.5) is 10.2 Å². The molecule has 0 saturated heterocycles. The Bertz CT molecular complexity index is 1140. The lowest BCUT2D eigenvalue weighted by Gasteiger charge is -2.02. The number of nitrogen functional groups attached to an aromatic ring is 1. The van der Waals surface area contributed by atoms with Gasteiger partial charge in [-0.25, -0.2) is 9.37 Å². The third kappa shape index (κ3) is 2.68. The van der Waals surface area contributed by atoms with Crippen molar-refractivity contribution >= 4 is 17.2 Å². The molecule has 0 bridgehead atoms. The second kappa shape index (κ2) is 6.06. The van der Waals surface area contributed by atoms with Crippen molar-refractivity contribution in [3.63, 3.8) is 0 Å². The average Bonchev–Trinajstić information content (AvgIpc) is 3.41. The van der Waals surface area contributed by atoms with E-state index in [9.17, 15) is 4.39 Å². The molecule has 2 aromatic carbocycles. The Morgan fingerprint density at radius 3 is 2.74 bits per heavy atom. The van der Waals surface area contributed by atoms with Crippen LogP contribution in [0.5, 0.6) is 11.5 Å². The van der Waals surface area contributed by atoms with Crippen LogP contribution in [-0.2, 0) is 0 Å². The summed E-state index contributed by atoms with van der Waals surface area (Å²) < 4.78 is 25.3. The summed E-state index contributed by atoms with van der Waals surface area (Å²) in [6.45, 7) is 0.226. The average molecular weight is 381 g/mol. The molecule has 1 aliphatic rings. The van der Waals surface area contributed by atoms with E-state index in [1.165, 1.54) is 28.2 Å². The molecule has 134 valence electrons. The van der Waals surface area contributed by atoms with Gasteiger partial charge in [0, 0.05) is 10.9 Å². The number of nitrogens with zero attached hydrogens (tertiary/aromatic N) is 4. The van der Waals surface area contributed by atoms with Gasteiger partial charge in [-0.1, -0.05) is 5.21 Å². The summed E-state index contributed by atoms with van der Waals surface area (Å²) >= 11 is 1.42. The molecule has 27 heavy (non-hydrogen) atoms. The van der Waals surface area contributed by atoms with Crippen LogP contribution in [0.3, 0.4) is 0 Å². The van der Waals surface area contributed by atoms with Crippen LogP contribution < -0.4 is 15.2 Å². The predicted molar refractivity (Wildman–Crippen MR) is 98.4 cm³/mol. The highest BCUT2D eigenvalue weighted by atomic mass is 32.1. The molecule has 0 saturated carbocycles. The van der Waals surface area contributed by atoms with E-state index < -0.39 is 0 Å². The Morgan fingerprint density at radius 1 is 1.07 bits per heavy atom. The quantitative estimate of drug-likeness (QED) is 0.584. The summed E-state index contributed by atoms with van der Waals surface area (Å²) in [6.07, 6.45) is 0. The van der Waals surface area contributed by atoms with Crippen LogP contribution in [0.2, 0.25) is 0 Å². The van der Waals surface area contributed by atoms with Crippen LogP contribution in [0, 0.1) is 5.82 Å². The van der Waals surface area contributed by atoms with Crippen molar-refractivity contribution in [1.29, 1.82) is 0 Å². The maximum absolute atomic E-state index is 13.1. The first-order valence-electron chi connectivity index (χ1n) is 8.02. The molecule has 7 nitrogen and oxygen atoms in total. The molecule has 0 aliphatic carbocycles. The fourth-order valence-corrected chi connectivity index (χ4v) is 3.61. The summed E-state index contributed by atoms with van der Waals surface area (Å²) in [6, 6.07) is 11.5. The summed E-state index contributed by atoms with van der Waals surface area (Å²) in [7, 11) is 0. The Hall–Kier alpha value is -3.46. The van der Waals surface area contributed by atoms with Crippen molar-refractivity contribution in [1.82, 2.24) is 20.0 Å².